The summed E-state index contributed by atoms with van der Waals surface area (Å²) < 4.78 is 30.8. The minimum Gasteiger partial charge on any atom is -0.490 e. The van der Waals surface area contributed by atoms with Gasteiger partial charge in [-0.05, 0) is 62.1 Å². The monoisotopic (exact) mass is 511 g/mol. The number of carboxylic acid groups (broad SMARTS) is 1. The quantitative estimate of drug-likeness (QED) is 0.177. The summed E-state index contributed by atoms with van der Waals surface area (Å²) in [5, 5.41) is 9.45. The van der Waals surface area contributed by atoms with E-state index in [1.165, 1.54) is 12.1 Å². The van der Waals surface area contributed by atoms with Crippen LogP contribution in [0.5, 0.6) is 5.75 Å². The number of benzene rings is 3. The maximum atomic E-state index is 14.1. The van der Waals surface area contributed by atoms with Gasteiger partial charge in [-0.3, -0.25) is 0 Å². The smallest absolute Gasteiger partial charge is 0.338 e. The molecule has 0 aromatic heterocycles. The van der Waals surface area contributed by atoms with Crippen molar-refractivity contribution in [3.05, 3.63) is 72.0 Å². The minimum atomic E-state index is -1.34. The second kappa shape index (κ2) is 13.3. The number of unbranched alkanes of at least 4 members (excludes halogenated alkanes) is 2. The van der Waals surface area contributed by atoms with Gasteiger partial charge in [-0.2, -0.15) is 0 Å². The lowest BCUT2D eigenvalue weighted by molar-refractivity contribution is 0.0692. The van der Waals surface area contributed by atoms with E-state index in [1.54, 1.807) is 6.07 Å². The number of halogens is 1. The van der Waals surface area contributed by atoms with Gasteiger partial charge in [0.1, 0.15) is 11.6 Å². The molecule has 0 radical (unpaired) electrons. The average Bonchev–Trinajstić information content (AvgIpc) is 2.88. The molecule has 3 rings (SSSR count). The van der Waals surface area contributed by atoms with Gasteiger partial charge in [0, 0.05) is 35.9 Å². The van der Waals surface area contributed by atoms with Crippen LogP contribution in [0.3, 0.4) is 0 Å². The number of aromatic carboxylic acids is 1. The van der Waals surface area contributed by atoms with Crippen molar-refractivity contribution in [1.29, 1.82) is 0 Å². The van der Waals surface area contributed by atoms with Crippen LogP contribution in [-0.2, 0) is 0 Å². The van der Waals surface area contributed by atoms with Crippen LogP contribution in [0.25, 0.3) is 11.1 Å². The number of nitrogens with zero attached hydrogens (tertiary/aromatic N) is 1. The van der Waals surface area contributed by atoms with Crippen LogP contribution in [0, 0.1) is 5.82 Å². The van der Waals surface area contributed by atoms with Crippen molar-refractivity contribution in [2.45, 2.75) is 63.9 Å². The summed E-state index contributed by atoms with van der Waals surface area (Å²) in [4.78, 5) is 14.3. The third-order valence-electron chi connectivity index (χ3n) is 6.02. The predicted octanol–water partition coefficient (Wildman–Crippen LogP) is 8.65. The van der Waals surface area contributed by atoms with Gasteiger partial charge >= 0.3 is 5.97 Å². The highest BCUT2D eigenvalue weighted by Gasteiger charge is 2.21. The SMILES string of the molecule is CCCCC[C@H](C)Oc1cc(N(CCC)c2ccccc2)c(SO)cc1-c1ccc(F)c(C(=O)O)c1. The number of para-hydroxylation sites is 1. The summed E-state index contributed by atoms with van der Waals surface area (Å²) in [6, 6.07) is 17.6. The molecule has 5 nitrogen and oxygen atoms in total. The zero-order chi connectivity index (χ0) is 26.1. The van der Waals surface area contributed by atoms with Crippen molar-refractivity contribution >= 4 is 29.4 Å². The van der Waals surface area contributed by atoms with Gasteiger partial charge in [0.05, 0.1) is 22.3 Å². The predicted molar refractivity (Wildman–Crippen MR) is 145 cm³/mol. The minimum absolute atomic E-state index is 0.0773. The van der Waals surface area contributed by atoms with Crippen molar-refractivity contribution in [1.82, 2.24) is 0 Å². The van der Waals surface area contributed by atoms with E-state index in [9.17, 15) is 18.8 Å². The molecule has 2 N–H and O–H groups in total. The van der Waals surface area contributed by atoms with Crippen LogP contribution >= 0.6 is 12.0 Å². The summed E-state index contributed by atoms with van der Waals surface area (Å²) >= 11 is 0.624. The van der Waals surface area contributed by atoms with E-state index in [-0.39, 0.29) is 6.10 Å². The van der Waals surface area contributed by atoms with Crippen molar-refractivity contribution < 1.29 is 23.6 Å². The van der Waals surface area contributed by atoms with Gasteiger partial charge in [0.2, 0.25) is 0 Å². The van der Waals surface area contributed by atoms with Crippen LogP contribution in [0.1, 0.15) is 63.2 Å². The third kappa shape index (κ3) is 6.80. The molecule has 0 amide bonds. The molecule has 0 aliphatic carbocycles. The highest BCUT2D eigenvalue weighted by molar-refractivity contribution is 7.94. The fourth-order valence-corrected chi connectivity index (χ4v) is 4.62. The molecule has 0 unspecified atom stereocenters. The van der Waals surface area contributed by atoms with E-state index < -0.39 is 17.3 Å². The largest absolute Gasteiger partial charge is 0.490 e. The number of anilines is 2. The van der Waals surface area contributed by atoms with Gasteiger partial charge in [-0.1, -0.05) is 51.0 Å². The normalized spacial score (nSPS) is 11.8. The van der Waals surface area contributed by atoms with Crippen LogP contribution in [-0.4, -0.2) is 28.3 Å². The van der Waals surface area contributed by atoms with Gasteiger partial charge in [0.15, 0.2) is 0 Å². The molecule has 3 aromatic rings. The van der Waals surface area contributed by atoms with Crippen LogP contribution in [0.15, 0.2) is 65.6 Å². The van der Waals surface area contributed by atoms with E-state index in [1.807, 2.05) is 43.3 Å². The molecule has 192 valence electrons. The molecule has 0 saturated carbocycles. The molecule has 0 bridgehead atoms. The molecule has 0 saturated heterocycles. The highest BCUT2D eigenvalue weighted by atomic mass is 32.2. The number of carboxylic acids is 1. The Kier molecular flexibility index (Phi) is 10.2. The Bertz CT molecular complexity index is 1160. The highest BCUT2D eigenvalue weighted by Crippen LogP contribution is 2.43. The van der Waals surface area contributed by atoms with E-state index in [4.69, 9.17) is 4.74 Å². The Morgan fingerprint density at radius 2 is 1.81 bits per heavy atom. The Morgan fingerprint density at radius 3 is 2.44 bits per heavy atom. The van der Waals surface area contributed by atoms with Crippen LogP contribution in [0.4, 0.5) is 15.8 Å². The topological polar surface area (TPSA) is 70.0 Å². The molecule has 0 spiro atoms. The summed E-state index contributed by atoms with van der Waals surface area (Å²) in [6.45, 7) is 6.99. The molecule has 1 atom stereocenters. The lowest BCUT2D eigenvalue weighted by Crippen LogP contribution is -2.19. The number of rotatable bonds is 13. The van der Waals surface area contributed by atoms with E-state index in [0.717, 1.165) is 56.1 Å². The Labute approximate surface area is 217 Å². The van der Waals surface area contributed by atoms with E-state index >= 15 is 0 Å². The van der Waals surface area contributed by atoms with Gasteiger partial charge in [0.25, 0.3) is 0 Å². The molecule has 7 heteroatoms. The third-order valence-corrected chi connectivity index (χ3v) is 6.54. The summed E-state index contributed by atoms with van der Waals surface area (Å²) in [7, 11) is 0. The molecule has 3 aromatic carbocycles. The summed E-state index contributed by atoms with van der Waals surface area (Å²) in [5.74, 6) is -1.57. The lowest BCUT2D eigenvalue weighted by Gasteiger charge is -2.28. The van der Waals surface area contributed by atoms with Crippen molar-refractivity contribution in [3.8, 4) is 16.9 Å². The summed E-state index contributed by atoms with van der Waals surface area (Å²) in [6.07, 6.45) is 4.95. The van der Waals surface area contributed by atoms with Crippen LogP contribution < -0.4 is 9.64 Å². The first kappa shape index (κ1) is 27.6. The zero-order valence-electron chi connectivity index (χ0n) is 21.0. The van der Waals surface area contributed by atoms with Gasteiger partial charge in [-0.25, -0.2) is 9.18 Å². The molecule has 0 heterocycles. The molecular formula is C29H34FNO4S. The van der Waals surface area contributed by atoms with Crippen LogP contribution in [0.2, 0.25) is 0 Å². The van der Waals surface area contributed by atoms with Gasteiger partial charge < -0.3 is 19.3 Å². The fourth-order valence-electron chi connectivity index (χ4n) is 4.19. The average molecular weight is 512 g/mol. The Hall–Kier alpha value is -3.03. The lowest BCUT2D eigenvalue weighted by atomic mass is 10.0. The van der Waals surface area contributed by atoms with Crippen molar-refractivity contribution in [2.75, 3.05) is 11.4 Å². The standard InChI is InChI=1S/C29H34FNO4S/c1-4-6-8-11-20(3)35-27-19-26(31(16-5-2)22-12-9-7-10-13-22)28(36-34)18-23(27)21-14-15-25(30)24(17-21)29(32)33/h7,9-10,12-15,17-20,34H,4-6,8,11,16H2,1-3H3,(H,32,33)/t20-/m0/s1. The Morgan fingerprint density at radius 1 is 1.06 bits per heavy atom. The number of hydrogen-bond acceptors (Lipinski definition) is 5. The fraction of sp³-hybridized carbons (Fsp3) is 0.345. The van der Waals surface area contributed by atoms with E-state index in [0.29, 0.717) is 33.8 Å². The second-order valence-electron chi connectivity index (χ2n) is 8.82. The first-order valence-electron chi connectivity index (χ1n) is 12.4. The molecule has 0 aliphatic heterocycles. The first-order valence-corrected chi connectivity index (χ1v) is 13.2. The number of carbonyl (C=O) groups is 1. The number of ether oxygens (including phenoxy) is 1. The maximum absolute atomic E-state index is 14.1. The van der Waals surface area contributed by atoms with E-state index in [2.05, 4.69) is 18.7 Å². The maximum Gasteiger partial charge on any atom is 0.338 e. The molecular weight excluding hydrogens is 477 g/mol. The second-order valence-corrected chi connectivity index (χ2v) is 9.44. The Balaban J connectivity index is 2.16. The molecule has 36 heavy (non-hydrogen) atoms. The van der Waals surface area contributed by atoms with Crippen molar-refractivity contribution in [3.63, 3.8) is 0 Å². The van der Waals surface area contributed by atoms with Gasteiger partial charge in [-0.15, -0.1) is 0 Å². The molecule has 0 aliphatic rings. The van der Waals surface area contributed by atoms with Crippen molar-refractivity contribution in [2.24, 2.45) is 0 Å². The number of hydrogen-bond donors (Lipinski definition) is 2. The zero-order valence-corrected chi connectivity index (χ0v) is 21.9. The summed E-state index contributed by atoms with van der Waals surface area (Å²) in [5.41, 5.74) is 2.47. The first-order chi connectivity index (χ1) is 17.4. The molecule has 0 fully saturated rings.